The summed E-state index contributed by atoms with van der Waals surface area (Å²) in [4.78, 5) is 0. The lowest BCUT2D eigenvalue weighted by Crippen LogP contribution is -2.41. The second-order valence-corrected chi connectivity index (χ2v) is 22.1. The van der Waals surface area contributed by atoms with Crippen molar-refractivity contribution in [2.45, 2.75) is 91.2 Å². The van der Waals surface area contributed by atoms with E-state index in [9.17, 15) is 5.11 Å². The van der Waals surface area contributed by atoms with Crippen LogP contribution in [0.2, 0.25) is 18.1 Å². The molecule has 9 nitrogen and oxygen atoms in total. The lowest BCUT2D eigenvalue weighted by atomic mass is 9.77. The van der Waals surface area contributed by atoms with E-state index in [-0.39, 0.29) is 22.7 Å². The normalized spacial score (nSPS) is 19.6. The molecule has 5 rings (SSSR count). The van der Waals surface area contributed by atoms with Gasteiger partial charge in [-0.15, -0.1) is 0 Å². The Kier molecular flexibility index (Phi) is 12.3. The van der Waals surface area contributed by atoms with Crippen molar-refractivity contribution in [3.63, 3.8) is 0 Å². The summed E-state index contributed by atoms with van der Waals surface area (Å²) in [7, 11) is 1.22. The van der Waals surface area contributed by atoms with Gasteiger partial charge in [0.15, 0.2) is 27.7 Å². The third kappa shape index (κ3) is 9.10. The molecule has 3 aromatic carbocycles. The van der Waals surface area contributed by atoms with Gasteiger partial charge in [0, 0.05) is 46.8 Å². The average molecular weight is 737 g/mol. The van der Waals surface area contributed by atoms with Gasteiger partial charge in [0.05, 0.1) is 33.5 Å². The quantitative estimate of drug-likeness (QED) is 0.105. The second-order valence-electron chi connectivity index (χ2n) is 17.3. The first-order valence-corrected chi connectivity index (χ1v) is 21.2. The molecular formula is C42H60O9Si. The molecule has 286 valence electrons. The van der Waals surface area contributed by atoms with Crippen molar-refractivity contribution in [3.8, 4) is 11.5 Å². The lowest BCUT2D eigenvalue weighted by molar-refractivity contribution is -0.226. The largest absolute Gasteiger partial charge is 0.496 e. The van der Waals surface area contributed by atoms with E-state index in [4.69, 9.17) is 37.6 Å². The van der Waals surface area contributed by atoms with Crippen LogP contribution in [-0.4, -0.2) is 67.5 Å². The van der Waals surface area contributed by atoms with Crippen LogP contribution >= 0.6 is 0 Å². The zero-order valence-electron chi connectivity index (χ0n) is 33.1. The van der Waals surface area contributed by atoms with Crippen LogP contribution in [0.5, 0.6) is 11.5 Å². The van der Waals surface area contributed by atoms with Crippen LogP contribution in [0.1, 0.15) is 94.4 Å². The van der Waals surface area contributed by atoms with E-state index in [1.807, 2.05) is 54.6 Å². The standard InChI is InChI=1S/C42H60O9Si/c1-39(2,3)52(10,11)51-20-19-29-13-12-14-32(21-29)42(43,33-22-30(15-17-35(33)45-9)37-46-24-40(4,5)25-47-37)34-23-31(16-18-36(34)50-28-44-8)38-48-26-41(6,7)27-49-38/h12-18,21-23,37-38,43H,19-20,24-28H2,1-11H3. The van der Waals surface area contributed by atoms with Crippen molar-refractivity contribution in [3.05, 3.63) is 94.0 Å². The number of ether oxygens (including phenoxy) is 7. The van der Waals surface area contributed by atoms with Crippen LogP contribution in [-0.2, 0) is 40.1 Å². The number of benzene rings is 3. The van der Waals surface area contributed by atoms with E-state index >= 15 is 0 Å². The van der Waals surface area contributed by atoms with Crippen LogP contribution in [0, 0.1) is 10.8 Å². The molecule has 3 aromatic rings. The summed E-state index contributed by atoms with van der Waals surface area (Å²) in [6, 6.07) is 19.4. The molecule has 52 heavy (non-hydrogen) atoms. The number of rotatable bonds is 13. The van der Waals surface area contributed by atoms with E-state index in [0.717, 1.165) is 16.7 Å². The zero-order valence-corrected chi connectivity index (χ0v) is 34.1. The summed E-state index contributed by atoms with van der Waals surface area (Å²) in [5.41, 5.74) is 2.16. The highest BCUT2D eigenvalue weighted by molar-refractivity contribution is 6.74. The van der Waals surface area contributed by atoms with E-state index in [1.54, 1.807) is 14.2 Å². The monoisotopic (exact) mass is 736 g/mol. The Bertz CT molecular complexity index is 1640. The molecule has 2 fully saturated rings. The van der Waals surface area contributed by atoms with Crippen LogP contribution in [0.15, 0.2) is 60.7 Å². The number of methoxy groups -OCH3 is 2. The molecule has 0 amide bonds. The smallest absolute Gasteiger partial charge is 0.191 e. The van der Waals surface area contributed by atoms with Gasteiger partial charge in [0.2, 0.25) is 0 Å². The van der Waals surface area contributed by atoms with Crippen molar-refractivity contribution in [1.29, 1.82) is 0 Å². The Balaban J connectivity index is 1.66. The number of hydrogen-bond acceptors (Lipinski definition) is 9. The molecule has 1 N–H and O–H groups in total. The lowest BCUT2D eigenvalue weighted by Gasteiger charge is -2.37. The highest BCUT2D eigenvalue weighted by Crippen LogP contribution is 2.48. The fourth-order valence-corrected chi connectivity index (χ4v) is 7.24. The van der Waals surface area contributed by atoms with Crippen LogP contribution in [0.4, 0.5) is 0 Å². The predicted octanol–water partition coefficient (Wildman–Crippen LogP) is 8.67. The molecule has 2 heterocycles. The molecule has 1 atom stereocenters. The summed E-state index contributed by atoms with van der Waals surface area (Å²) in [5, 5.41) is 13.7. The number of aliphatic hydroxyl groups is 1. The fourth-order valence-electron chi connectivity index (χ4n) is 6.20. The van der Waals surface area contributed by atoms with Gasteiger partial charge >= 0.3 is 0 Å². The molecular weight excluding hydrogens is 677 g/mol. The molecule has 0 spiro atoms. The summed E-state index contributed by atoms with van der Waals surface area (Å²) >= 11 is 0. The van der Waals surface area contributed by atoms with Gasteiger partial charge in [-0.05, 0) is 59.9 Å². The SMILES string of the molecule is COCOc1ccc(C2OCC(C)(C)CO2)cc1C(O)(c1cccc(CCO[Si](C)(C)C(C)(C)C)c1)c1cc(C2OCC(C)(C)CO2)ccc1OC. The van der Waals surface area contributed by atoms with Gasteiger partial charge in [-0.25, -0.2) is 0 Å². The molecule has 2 aliphatic heterocycles. The second kappa shape index (κ2) is 15.9. The van der Waals surface area contributed by atoms with Crippen molar-refractivity contribution in [2.75, 3.05) is 54.0 Å². The van der Waals surface area contributed by atoms with Gasteiger partial charge in [0.25, 0.3) is 0 Å². The minimum absolute atomic E-state index is 0.0193. The van der Waals surface area contributed by atoms with E-state index in [0.29, 0.717) is 67.6 Å². The first-order chi connectivity index (χ1) is 24.4. The molecule has 0 aliphatic carbocycles. The molecule has 0 bridgehead atoms. The highest BCUT2D eigenvalue weighted by atomic mass is 28.4. The van der Waals surface area contributed by atoms with Crippen LogP contribution in [0.25, 0.3) is 0 Å². The minimum atomic E-state index is -1.95. The fraction of sp³-hybridized carbons (Fsp3) is 0.571. The van der Waals surface area contributed by atoms with E-state index in [1.165, 1.54) is 0 Å². The Morgan fingerprint density at radius 1 is 0.750 bits per heavy atom. The number of hydrogen-bond donors (Lipinski definition) is 1. The third-order valence-corrected chi connectivity index (χ3v) is 14.9. The third-order valence-electron chi connectivity index (χ3n) is 10.4. The Hall–Kier alpha value is -2.80. The highest BCUT2D eigenvalue weighted by Gasteiger charge is 2.42. The van der Waals surface area contributed by atoms with E-state index in [2.05, 4.69) is 67.6 Å². The molecule has 2 aliphatic rings. The van der Waals surface area contributed by atoms with Gasteiger partial charge < -0.3 is 42.7 Å². The van der Waals surface area contributed by atoms with Gasteiger partial charge in [-0.2, -0.15) is 0 Å². The van der Waals surface area contributed by atoms with Gasteiger partial charge in [-0.1, -0.05) is 84.9 Å². The molecule has 0 aromatic heterocycles. The molecule has 10 heteroatoms. The van der Waals surface area contributed by atoms with Crippen molar-refractivity contribution < 1.29 is 42.7 Å². The molecule has 0 radical (unpaired) electrons. The van der Waals surface area contributed by atoms with Crippen molar-refractivity contribution in [2.24, 2.45) is 10.8 Å². The molecule has 1 unspecified atom stereocenters. The van der Waals surface area contributed by atoms with Crippen molar-refractivity contribution >= 4 is 8.32 Å². The van der Waals surface area contributed by atoms with Gasteiger partial charge in [0.1, 0.15) is 17.1 Å². The van der Waals surface area contributed by atoms with E-state index < -0.39 is 26.5 Å². The summed E-state index contributed by atoms with van der Waals surface area (Å²) in [6.07, 6.45) is -0.546. The van der Waals surface area contributed by atoms with Gasteiger partial charge in [-0.3, -0.25) is 0 Å². The topological polar surface area (TPSA) is 94.1 Å². The maximum atomic E-state index is 13.6. The predicted molar refractivity (Wildman–Crippen MR) is 204 cm³/mol. The van der Waals surface area contributed by atoms with Crippen molar-refractivity contribution in [1.82, 2.24) is 0 Å². The average Bonchev–Trinajstić information content (AvgIpc) is 3.09. The van der Waals surface area contributed by atoms with Crippen LogP contribution < -0.4 is 9.47 Å². The Morgan fingerprint density at radius 2 is 1.27 bits per heavy atom. The Labute approximate surface area is 311 Å². The summed E-state index contributed by atoms with van der Waals surface area (Å²) in [6.45, 7) is 22.4. The summed E-state index contributed by atoms with van der Waals surface area (Å²) in [5.74, 6) is 0.930. The maximum absolute atomic E-state index is 13.6. The van der Waals surface area contributed by atoms with Crippen LogP contribution in [0.3, 0.4) is 0 Å². The first-order valence-electron chi connectivity index (χ1n) is 18.3. The molecule has 2 saturated heterocycles. The Morgan fingerprint density at radius 3 is 1.77 bits per heavy atom. The molecule has 0 saturated carbocycles. The first kappa shape index (κ1) is 40.4. The summed E-state index contributed by atoms with van der Waals surface area (Å²) < 4.78 is 48.9. The zero-order chi connectivity index (χ0) is 38.0. The maximum Gasteiger partial charge on any atom is 0.191 e. The minimum Gasteiger partial charge on any atom is -0.496 e.